The summed E-state index contributed by atoms with van der Waals surface area (Å²) < 4.78 is 0. The van der Waals surface area contributed by atoms with Gasteiger partial charge in [-0.25, -0.2) is 34.7 Å². The molecule has 6 aromatic heterocycles. The number of rotatable bonds is 64. The molecule has 6 heterocycles. The largest absolute Gasteiger partial charge is 0.481 e. The third kappa shape index (κ3) is 41.6. The SMILES string of the molecule is CC(C)C[C@H](NC(=O)[C@H](CS)NC(=O)[C@H](CO)NC(=O)[C@H](CC(=O)O)NC(=O)[C@@H](NC(=O)[C@@H](NC(=O)[C@H](CS)NC(=O)[C@H](C)N)[C@@H](C)O)C(C)C)C(=O)N[C@H](C(=O)N[C@@H](CS)C(=O)NCC(=O)NCC(=O)NCC(=O)NCC(=O)NCC(=O)N[C@@H](Cc1c[nH]cn1)C(=O)N[C@@H](Cc1c[nH]cn1)C(=O)N[C@@H](Cc1c[nH]cn1)C(=O)N[C@@H](Cc1c[nH]cn1)C(=O)N[C@@H](Cc1c[nH]cn1)C(=O)N[C@@H](Cc1c[nH]cn1)C(=O)O)[C@@H](C)O. The number of carbonyl (C=O) groups excluding carboxylic acids is 20. The summed E-state index contributed by atoms with van der Waals surface area (Å²) in [7, 11) is 0. The van der Waals surface area contributed by atoms with E-state index in [1.807, 2.05) is 0 Å². The first-order valence-electron chi connectivity index (χ1n) is 45.4. The van der Waals surface area contributed by atoms with Crippen LogP contribution in [0.3, 0.4) is 0 Å². The predicted molar refractivity (Wildman–Crippen MR) is 518 cm³/mol. The molecule has 804 valence electrons. The van der Waals surface area contributed by atoms with Crippen molar-refractivity contribution in [3.63, 3.8) is 0 Å². The number of carboxylic acid groups (broad SMARTS) is 2. The van der Waals surface area contributed by atoms with Crippen molar-refractivity contribution in [3.05, 3.63) is 109 Å². The molecule has 147 heavy (non-hydrogen) atoms. The van der Waals surface area contributed by atoms with Gasteiger partial charge >= 0.3 is 11.9 Å². The molecule has 33 N–H and O–H groups in total. The van der Waals surface area contributed by atoms with E-state index in [1.54, 1.807) is 13.8 Å². The molecule has 0 saturated heterocycles. The van der Waals surface area contributed by atoms with E-state index in [-0.39, 0.29) is 79.2 Å². The highest BCUT2D eigenvalue weighted by atomic mass is 32.1. The summed E-state index contributed by atoms with van der Waals surface area (Å²) in [6.45, 7) is 4.43. The number of nitrogens with two attached hydrogens (primary N) is 1. The van der Waals surface area contributed by atoms with Crippen molar-refractivity contribution in [2.24, 2.45) is 17.6 Å². The minimum absolute atomic E-state index is 0.176. The summed E-state index contributed by atoms with van der Waals surface area (Å²) in [4.78, 5) is 338. The topological polar surface area (TPSA) is 915 Å². The Bertz CT molecular complexity index is 5410. The van der Waals surface area contributed by atoms with Crippen molar-refractivity contribution in [1.82, 2.24) is 166 Å². The molecule has 0 aliphatic heterocycles. The minimum Gasteiger partial charge on any atom is -0.481 e. The van der Waals surface area contributed by atoms with Gasteiger partial charge < -0.3 is 168 Å². The second-order valence-electron chi connectivity index (χ2n) is 34.0. The Morgan fingerprint density at radius 3 is 0.850 bits per heavy atom. The van der Waals surface area contributed by atoms with Gasteiger partial charge in [-0.05, 0) is 39.0 Å². The van der Waals surface area contributed by atoms with Crippen LogP contribution in [0, 0.1) is 11.8 Å². The maximum atomic E-state index is 14.8. The summed E-state index contributed by atoms with van der Waals surface area (Å²) >= 11 is 12.3. The number of thiol groups is 3. The fourth-order valence-electron chi connectivity index (χ4n) is 13.4. The number of aromatic amines is 6. The van der Waals surface area contributed by atoms with Crippen LogP contribution in [0.2, 0.25) is 0 Å². The van der Waals surface area contributed by atoms with E-state index in [4.69, 9.17) is 5.73 Å². The number of aliphatic carboxylic acids is 2. The smallest absolute Gasteiger partial charge is 0.326 e. The lowest BCUT2D eigenvalue weighted by Crippen LogP contribution is -2.63. The molecule has 0 aromatic carbocycles. The quantitative estimate of drug-likeness (QED) is 0.0158. The molecule has 6 aromatic rings. The lowest BCUT2D eigenvalue weighted by atomic mass is 10.0. The van der Waals surface area contributed by atoms with Crippen molar-refractivity contribution in [3.8, 4) is 0 Å². The molecule has 18 atom stereocenters. The van der Waals surface area contributed by atoms with Crippen LogP contribution in [0.5, 0.6) is 0 Å². The van der Waals surface area contributed by atoms with Gasteiger partial charge in [0.15, 0.2) is 0 Å². The standard InChI is InChI=1S/C84H123N33O27S3/c1-37(2)8-48(104-79(138)58(29-146)113-78(137)56(27-118)111-76(135)54(15-65(126)127)109-81(140)66(38(3)4)115-83(142)68(41(7)120)117-80(139)59(30-147)112-69(128)39(5)85)77(136)116-67(40(6)119)82(141)114-57(28-145)70(129)96-25-63(124)94-23-61(122)92-22-60(121)93-24-62(123)95-26-64(125)103-49(9-42-16-86-31-97-42)71(130)105-50(10-43-17-87-32-98-43)72(131)106-51(11-44-18-88-33-99-44)73(132)107-52(12-45-19-89-34-100-45)74(133)108-53(13-46-20-90-35-101-46)75(134)110-55(84(143)144)14-47-21-91-36-102-47/h16-21,31-41,48-59,66-68,118-120,145-147H,8-15,22-30,85H2,1-7H3,(H,86,97)(H,87,98)(H,88,99)(H,89,100)(H,90,101)(H,91,102)(H,92,122)(H,93,121)(H,94,124)(H,95,123)(H,96,129)(H,103,125)(H,104,138)(H,105,130)(H,106,131)(H,107,132)(H,108,133)(H,109,140)(H,110,134)(H,111,135)(H,112,128)(H,113,137)(H,114,141)(H,115,142)(H,116,136)(H,117,139)(H,126,127)(H,143,144)/t39-,40+,41+,48-,49-,50-,51-,52-,53-,54-,55-,56-,57-,58-,59-,66-,67-,68-/m0/s1. The summed E-state index contributed by atoms with van der Waals surface area (Å²) in [5.41, 5.74) is 7.05. The molecular formula is C84H123N33O27S3. The molecule has 0 aliphatic carbocycles. The van der Waals surface area contributed by atoms with Gasteiger partial charge in [-0.2, -0.15) is 37.9 Å². The average Bonchev–Trinajstić information content (AvgIpc) is 1.79. The minimum atomic E-state index is -2.04. The van der Waals surface area contributed by atoms with Gasteiger partial charge in [0.05, 0.1) is 136 Å². The molecule has 20 amide bonds. The van der Waals surface area contributed by atoms with E-state index in [0.29, 0.717) is 5.69 Å². The van der Waals surface area contributed by atoms with E-state index in [1.165, 1.54) is 95.9 Å². The number of aliphatic hydroxyl groups is 3. The number of imidazole rings is 6. The van der Waals surface area contributed by atoms with Crippen molar-refractivity contribution >= 4 is 168 Å². The number of carboxylic acids is 2. The fourth-order valence-corrected chi connectivity index (χ4v) is 14.2. The van der Waals surface area contributed by atoms with Gasteiger partial charge in [-0.1, -0.05) is 27.7 Å². The van der Waals surface area contributed by atoms with E-state index in [2.05, 4.69) is 204 Å². The number of nitrogens with zero attached hydrogens (tertiary/aromatic N) is 6. The summed E-state index contributed by atoms with van der Waals surface area (Å²) in [6.07, 6.45) is 9.75. The van der Waals surface area contributed by atoms with Crippen LogP contribution in [0.15, 0.2) is 75.1 Å². The summed E-state index contributed by atoms with van der Waals surface area (Å²) in [6, 6.07) is -25.9. The Morgan fingerprint density at radius 1 is 0.293 bits per heavy atom. The van der Waals surface area contributed by atoms with Crippen molar-refractivity contribution in [1.29, 1.82) is 0 Å². The van der Waals surface area contributed by atoms with Crippen LogP contribution in [-0.2, 0) is 144 Å². The predicted octanol–water partition coefficient (Wildman–Crippen LogP) is -14.2. The third-order valence-corrected chi connectivity index (χ3v) is 22.3. The van der Waals surface area contributed by atoms with E-state index in [9.17, 15) is 131 Å². The molecule has 0 bridgehead atoms. The first-order chi connectivity index (χ1) is 69.7. The number of carbonyl (C=O) groups is 22. The van der Waals surface area contributed by atoms with E-state index < -0.39 is 308 Å². The molecule has 63 heteroatoms. The summed E-state index contributed by atoms with van der Waals surface area (Å²) in [5.74, 6) is -26.6. The Labute approximate surface area is 853 Å². The van der Waals surface area contributed by atoms with Gasteiger partial charge in [0.1, 0.15) is 90.6 Å². The Kier molecular flexibility index (Phi) is 49.8. The van der Waals surface area contributed by atoms with Crippen LogP contribution < -0.4 is 112 Å². The van der Waals surface area contributed by atoms with Gasteiger partial charge in [0.25, 0.3) is 0 Å². The average molecular weight is 2120 g/mol. The Balaban J connectivity index is 0.971. The van der Waals surface area contributed by atoms with Crippen molar-refractivity contribution in [2.75, 3.05) is 56.6 Å². The van der Waals surface area contributed by atoms with Crippen LogP contribution >= 0.6 is 37.9 Å². The lowest BCUT2D eigenvalue weighted by molar-refractivity contribution is -0.142. The van der Waals surface area contributed by atoms with Crippen LogP contribution in [-0.4, -0.2) is 381 Å². The monoisotopic (exact) mass is 2120 g/mol. The number of aromatic nitrogens is 12. The zero-order valence-electron chi connectivity index (χ0n) is 80.3. The molecule has 0 spiro atoms. The first kappa shape index (κ1) is 120. The van der Waals surface area contributed by atoms with Crippen molar-refractivity contribution < 1.29 is 131 Å². The Morgan fingerprint density at radius 2 is 0.537 bits per heavy atom. The molecule has 0 radical (unpaired) electrons. The van der Waals surface area contributed by atoms with Gasteiger partial charge in [-0.15, -0.1) is 0 Å². The van der Waals surface area contributed by atoms with Crippen LogP contribution in [0.25, 0.3) is 0 Å². The molecule has 0 unspecified atom stereocenters. The van der Waals surface area contributed by atoms with Crippen molar-refractivity contribution in [2.45, 2.75) is 209 Å². The number of aliphatic hydroxyl groups excluding tert-OH is 3. The molecule has 60 nitrogen and oxygen atoms in total. The molecule has 0 saturated carbocycles. The zero-order chi connectivity index (χ0) is 109. The van der Waals surface area contributed by atoms with Gasteiger partial charge in [0.2, 0.25) is 118 Å². The van der Waals surface area contributed by atoms with E-state index >= 15 is 0 Å². The van der Waals surface area contributed by atoms with Gasteiger partial charge in [0, 0.05) is 93.0 Å². The maximum Gasteiger partial charge on any atom is 0.326 e. The third-order valence-electron chi connectivity index (χ3n) is 21.2. The summed E-state index contributed by atoms with van der Waals surface area (Å²) in [5, 5.41) is 98.1. The lowest BCUT2D eigenvalue weighted by Gasteiger charge is -2.29. The first-order valence-corrected chi connectivity index (χ1v) is 47.3. The normalized spacial score (nSPS) is 14.8. The number of nitrogens with one attached hydrogen (secondary N) is 26. The maximum absolute atomic E-state index is 14.8. The highest BCUT2D eigenvalue weighted by Gasteiger charge is 2.41. The fraction of sp³-hybridized carbons (Fsp3) is 0.524. The number of hydrogen-bond donors (Lipinski definition) is 35. The number of amides is 20. The van der Waals surface area contributed by atoms with Gasteiger partial charge in [-0.3, -0.25) is 101 Å². The zero-order valence-corrected chi connectivity index (χ0v) is 83.0. The van der Waals surface area contributed by atoms with Crippen LogP contribution in [0.1, 0.15) is 95.5 Å². The van der Waals surface area contributed by atoms with E-state index in [0.717, 1.165) is 13.8 Å². The molecular weight excluding hydrogens is 2000 g/mol. The molecule has 0 aliphatic rings. The molecule has 6 rings (SSSR count). The number of hydrogen-bond acceptors (Lipinski definition) is 35. The second kappa shape index (κ2) is 60.9. The second-order valence-corrected chi connectivity index (χ2v) is 35.1. The highest BCUT2D eigenvalue weighted by molar-refractivity contribution is 7.80. The number of H-pyrrole nitrogens is 6. The molecule has 0 fully saturated rings. The van der Waals surface area contributed by atoms with Crippen LogP contribution in [0.4, 0.5) is 0 Å². The highest BCUT2D eigenvalue weighted by Crippen LogP contribution is 2.15. The Hall–Kier alpha value is -15.5.